The van der Waals surface area contributed by atoms with Crippen LogP contribution in [0.1, 0.15) is 5.56 Å². The van der Waals surface area contributed by atoms with Crippen LogP contribution in [0.2, 0.25) is 0 Å². The van der Waals surface area contributed by atoms with E-state index in [0.29, 0.717) is 12.1 Å². The van der Waals surface area contributed by atoms with Crippen LogP contribution in [0.25, 0.3) is 0 Å². The fourth-order valence-corrected chi connectivity index (χ4v) is 1.83. The van der Waals surface area contributed by atoms with Gasteiger partial charge in [0.25, 0.3) is 0 Å². The number of ether oxygens (including phenoxy) is 2. The SMILES string of the molecule is Oc1cccc(OC(F)F)c1Oc1cccc(C(F)(F)C(F)(F)F)c1. The predicted molar refractivity (Wildman–Crippen MR) is 71.2 cm³/mol. The van der Waals surface area contributed by atoms with Crippen molar-refractivity contribution in [2.45, 2.75) is 18.7 Å². The number of aromatic hydroxyl groups is 1. The second kappa shape index (κ2) is 6.69. The van der Waals surface area contributed by atoms with Crippen LogP contribution in [0.3, 0.4) is 0 Å². The van der Waals surface area contributed by atoms with E-state index in [4.69, 9.17) is 4.74 Å². The Morgan fingerprint density at radius 3 is 2.16 bits per heavy atom. The zero-order chi connectivity index (χ0) is 18.8. The van der Waals surface area contributed by atoms with Crippen LogP contribution in [0.5, 0.6) is 23.0 Å². The minimum atomic E-state index is -5.83. The molecule has 2 rings (SSSR count). The van der Waals surface area contributed by atoms with E-state index in [0.717, 1.165) is 30.3 Å². The molecule has 0 saturated carbocycles. The molecule has 0 aliphatic rings. The molecule has 0 unspecified atom stereocenters. The molecule has 0 heterocycles. The van der Waals surface area contributed by atoms with Crippen molar-refractivity contribution in [3.63, 3.8) is 0 Å². The third-order valence-electron chi connectivity index (χ3n) is 2.95. The van der Waals surface area contributed by atoms with Gasteiger partial charge in [-0.15, -0.1) is 0 Å². The van der Waals surface area contributed by atoms with Crippen LogP contribution < -0.4 is 9.47 Å². The zero-order valence-electron chi connectivity index (χ0n) is 12.0. The van der Waals surface area contributed by atoms with Gasteiger partial charge in [-0.1, -0.05) is 18.2 Å². The maximum absolute atomic E-state index is 13.4. The van der Waals surface area contributed by atoms with Gasteiger partial charge in [0.15, 0.2) is 11.5 Å². The lowest BCUT2D eigenvalue weighted by Gasteiger charge is -2.20. The molecule has 0 aromatic heterocycles. The number of rotatable bonds is 5. The molecule has 2 aromatic carbocycles. The summed E-state index contributed by atoms with van der Waals surface area (Å²) in [5, 5.41) is 9.65. The lowest BCUT2D eigenvalue weighted by atomic mass is 10.1. The number of benzene rings is 2. The smallest absolute Gasteiger partial charge is 0.458 e. The van der Waals surface area contributed by atoms with Crippen molar-refractivity contribution in [1.29, 1.82) is 0 Å². The Bertz CT molecular complexity index is 744. The van der Waals surface area contributed by atoms with E-state index in [9.17, 15) is 35.8 Å². The number of para-hydroxylation sites is 1. The van der Waals surface area contributed by atoms with Crippen LogP contribution in [-0.4, -0.2) is 17.9 Å². The van der Waals surface area contributed by atoms with Gasteiger partial charge in [0.05, 0.1) is 0 Å². The van der Waals surface area contributed by atoms with Gasteiger partial charge in [-0.05, 0) is 24.3 Å². The minimum absolute atomic E-state index is 0.381. The first-order valence-electron chi connectivity index (χ1n) is 6.52. The van der Waals surface area contributed by atoms with Gasteiger partial charge >= 0.3 is 18.7 Å². The molecule has 0 saturated heterocycles. The van der Waals surface area contributed by atoms with Crippen molar-refractivity contribution in [2.75, 3.05) is 0 Å². The van der Waals surface area contributed by atoms with Gasteiger partial charge in [-0.25, -0.2) is 0 Å². The van der Waals surface area contributed by atoms with Crippen molar-refractivity contribution < 1.29 is 45.3 Å². The summed E-state index contributed by atoms with van der Waals surface area (Å²) in [5.41, 5.74) is -1.41. The minimum Gasteiger partial charge on any atom is -0.504 e. The molecular weight excluding hydrogens is 361 g/mol. The zero-order valence-corrected chi connectivity index (χ0v) is 12.0. The number of hydrogen-bond donors (Lipinski definition) is 1. The Labute approximate surface area is 136 Å². The largest absolute Gasteiger partial charge is 0.504 e. The quantitative estimate of drug-likeness (QED) is 0.713. The molecule has 0 aliphatic carbocycles. The van der Waals surface area contributed by atoms with Crippen molar-refractivity contribution in [3.05, 3.63) is 48.0 Å². The first kappa shape index (κ1) is 18.7. The molecule has 0 fully saturated rings. The second-order valence-electron chi connectivity index (χ2n) is 4.68. The normalized spacial score (nSPS) is 12.3. The highest BCUT2D eigenvalue weighted by Gasteiger charge is 2.58. The second-order valence-corrected chi connectivity index (χ2v) is 4.68. The first-order valence-corrected chi connectivity index (χ1v) is 6.52. The van der Waals surface area contributed by atoms with E-state index in [1.54, 1.807) is 0 Å². The Morgan fingerprint density at radius 1 is 0.920 bits per heavy atom. The van der Waals surface area contributed by atoms with E-state index < -0.39 is 47.3 Å². The topological polar surface area (TPSA) is 38.7 Å². The summed E-state index contributed by atoms with van der Waals surface area (Å²) in [6.07, 6.45) is -5.83. The monoisotopic (exact) mass is 370 g/mol. The number of phenolic OH excluding ortho intramolecular Hbond substituents is 1. The molecule has 1 N–H and O–H groups in total. The maximum Gasteiger partial charge on any atom is 0.458 e. The van der Waals surface area contributed by atoms with Crippen molar-refractivity contribution >= 4 is 0 Å². The van der Waals surface area contributed by atoms with Crippen molar-refractivity contribution in [3.8, 4) is 23.0 Å². The highest BCUT2D eigenvalue weighted by molar-refractivity contribution is 5.52. The van der Waals surface area contributed by atoms with Gasteiger partial charge in [0.2, 0.25) is 5.75 Å². The van der Waals surface area contributed by atoms with E-state index in [-0.39, 0.29) is 0 Å². The van der Waals surface area contributed by atoms with E-state index in [1.807, 2.05) is 0 Å². The van der Waals surface area contributed by atoms with Crippen molar-refractivity contribution in [1.82, 2.24) is 0 Å². The fourth-order valence-electron chi connectivity index (χ4n) is 1.83. The summed E-state index contributed by atoms with van der Waals surface area (Å²) < 4.78 is 97.7. The Hall–Kier alpha value is -2.65. The van der Waals surface area contributed by atoms with Crippen molar-refractivity contribution in [2.24, 2.45) is 0 Å². The molecule has 0 amide bonds. The number of hydrogen-bond acceptors (Lipinski definition) is 3. The summed E-state index contributed by atoms with van der Waals surface area (Å²) in [6.45, 7) is -3.27. The molecule has 0 atom stereocenters. The van der Waals surface area contributed by atoms with Gasteiger partial charge in [0.1, 0.15) is 5.75 Å². The van der Waals surface area contributed by atoms with Crippen LogP contribution in [0.4, 0.5) is 30.7 Å². The maximum atomic E-state index is 13.4. The van der Waals surface area contributed by atoms with Crippen LogP contribution in [0.15, 0.2) is 42.5 Å². The highest BCUT2D eigenvalue weighted by atomic mass is 19.4. The highest BCUT2D eigenvalue weighted by Crippen LogP contribution is 2.46. The Kier molecular flexibility index (Phi) is 5.00. The van der Waals surface area contributed by atoms with Crippen LogP contribution in [0, 0.1) is 0 Å². The van der Waals surface area contributed by atoms with Crippen LogP contribution >= 0.6 is 0 Å². The molecule has 3 nitrogen and oxygen atoms in total. The lowest BCUT2D eigenvalue weighted by Crippen LogP contribution is -2.33. The number of alkyl halides is 7. The fraction of sp³-hybridized carbons (Fsp3) is 0.200. The third kappa shape index (κ3) is 4.06. The molecule has 0 radical (unpaired) electrons. The predicted octanol–water partition coefficient (Wildman–Crippen LogP) is 5.44. The van der Waals surface area contributed by atoms with Gasteiger partial charge in [0, 0.05) is 5.56 Å². The molecule has 0 bridgehead atoms. The van der Waals surface area contributed by atoms with Gasteiger partial charge in [-0.2, -0.15) is 30.7 Å². The molecule has 25 heavy (non-hydrogen) atoms. The average Bonchev–Trinajstić information content (AvgIpc) is 2.49. The number of halogens is 7. The van der Waals surface area contributed by atoms with Gasteiger partial charge in [-0.3, -0.25) is 0 Å². The molecule has 10 heteroatoms. The number of phenols is 1. The summed E-state index contributed by atoms with van der Waals surface area (Å²) >= 11 is 0. The Morgan fingerprint density at radius 2 is 1.56 bits per heavy atom. The average molecular weight is 370 g/mol. The summed E-state index contributed by atoms with van der Waals surface area (Å²) in [7, 11) is 0. The summed E-state index contributed by atoms with van der Waals surface area (Å²) in [4.78, 5) is 0. The molecule has 136 valence electrons. The van der Waals surface area contributed by atoms with E-state index >= 15 is 0 Å². The van der Waals surface area contributed by atoms with Crippen LogP contribution in [-0.2, 0) is 5.92 Å². The summed E-state index contributed by atoms with van der Waals surface area (Å²) in [5.74, 6) is -7.64. The molecule has 2 aromatic rings. The third-order valence-corrected chi connectivity index (χ3v) is 2.95. The van der Waals surface area contributed by atoms with E-state index in [2.05, 4.69) is 4.74 Å². The van der Waals surface area contributed by atoms with Gasteiger partial charge < -0.3 is 14.6 Å². The summed E-state index contributed by atoms with van der Waals surface area (Å²) in [6, 6.07) is 5.95. The molecular formula is C15H9F7O3. The Balaban J connectivity index is 2.39. The first-order chi connectivity index (χ1) is 11.5. The lowest BCUT2D eigenvalue weighted by molar-refractivity contribution is -0.289. The van der Waals surface area contributed by atoms with E-state index in [1.165, 1.54) is 0 Å². The standard InChI is InChI=1S/C15H9F7O3/c16-13(17)25-11-6-2-5-10(23)12(11)24-9-4-1-3-8(7-9)14(18,19)15(20,21)22/h1-7,13,23H. The molecule has 0 spiro atoms. The molecule has 0 aliphatic heterocycles.